The molecular weight excluding hydrogens is 424 g/mol. The van der Waals surface area contributed by atoms with Crippen LogP contribution in [0.1, 0.15) is 32.0 Å². The van der Waals surface area contributed by atoms with E-state index in [-0.39, 0.29) is 22.6 Å². The average molecular weight is 440 g/mol. The van der Waals surface area contributed by atoms with Gasteiger partial charge in [-0.25, -0.2) is 18.2 Å². The fourth-order valence-corrected chi connectivity index (χ4v) is 3.75. The van der Waals surface area contributed by atoms with Crippen LogP contribution in [-0.4, -0.2) is 41.0 Å². The van der Waals surface area contributed by atoms with E-state index in [1.807, 2.05) is 0 Å². The first kappa shape index (κ1) is 20.4. The SMILES string of the molecule is NC(=O)c1ccc2c(c1)C(=O)C(=O)N2Cc1cn(Cc2ccc(S(N)(=O)=O)cc2)nn1. The molecule has 1 aliphatic heterocycles. The molecule has 31 heavy (non-hydrogen) atoms. The number of amides is 2. The molecule has 2 aromatic carbocycles. The van der Waals surface area contributed by atoms with Crippen LogP contribution in [0.2, 0.25) is 0 Å². The van der Waals surface area contributed by atoms with Crippen LogP contribution in [0.4, 0.5) is 5.69 Å². The van der Waals surface area contributed by atoms with Crippen molar-refractivity contribution in [2.24, 2.45) is 10.9 Å². The van der Waals surface area contributed by atoms with Crippen LogP contribution in [-0.2, 0) is 27.9 Å². The van der Waals surface area contributed by atoms with Crippen LogP contribution in [0, 0.1) is 0 Å². The largest absolute Gasteiger partial charge is 0.366 e. The summed E-state index contributed by atoms with van der Waals surface area (Å²) in [5.74, 6) is -2.15. The summed E-state index contributed by atoms with van der Waals surface area (Å²) in [7, 11) is -3.77. The number of ketones is 1. The predicted molar refractivity (Wildman–Crippen MR) is 107 cm³/mol. The van der Waals surface area contributed by atoms with Gasteiger partial charge >= 0.3 is 0 Å². The van der Waals surface area contributed by atoms with E-state index in [1.54, 1.807) is 18.3 Å². The van der Waals surface area contributed by atoms with Gasteiger partial charge in [0.25, 0.3) is 11.7 Å². The van der Waals surface area contributed by atoms with Gasteiger partial charge in [-0.15, -0.1) is 5.10 Å². The third-order valence-electron chi connectivity index (χ3n) is 4.76. The Bertz CT molecular complexity index is 1330. The number of anilines is 1. The third kappa shape index (κ3) is 3.93. The van der Waals surface area contributed by atoms with E-state index in [9.17, 15) is 22.8 Å². The molecule has 2 heterocycles. The van der Waals surface area contributed by atoms with Crippen molar-refractivity contribution >= 4 is 33.3 Å². The summed E-state index contributed by atoms with van der Waals surface area (Å²) in [6.07, 6.45) is 1.61. The van der Waals surface area contributed by atoms with Gasteiger partial charge in [0, 0.05) is 5.56 Å². The molecule has 4 N–H and O–H groups in total. The van der Waals surface area contributed by atoms with E-state index in [0.717, 1.165) is 5.56 Å². The summed E-state index contributed by atoms with van der Waals surface area (Å²) in [6.45, 7) is 0.321. The van der Waals surface area contributed by atoms with Crippen molar-refractivity contribution in [2.45, 2.75) is 18.0 Å². The lowest BCUT2D eigenvalue weighted by Crippen LogP contribution is -2.29. The van der Waals surface area contributed by atoms with Crippen LogP contribution < -0.4 is 15.8 Å². The zero-order valence-electron chi connectivity index (χ0n) is 15.9. The third-order valence-corrected chi connectivity index (χ3v) is 5.69. The lowest BCUT2D eigenvalue weighted by atomic mass is 10.1. The van der Waals surface area contributed by atoms with Gasteiger partial charge in [0.1, 0.15) is 5.69 Å². The highest BCUT2D eigenvalue weighted by Crippen LogP contribution is 2.30. The Morgan fingerprint density at radius 2 is 1.74 bits per heavy atom. The highest BCUT2D eigenvalue weighted by molar-refractivity contribution is 7.89. The maximum atomic E-state index is 12.4. The highest BCUT2D eigenvalue weighted by Gasteiger charge is 2.36. The molecule has 1 aliphatic rings. The second-order valence-electron chi connectivity index (χ2n) is 6.91. The summed E-state index contributed by atoms with van der Waals surface area (Å²) < 4.78 is 24.2. The number of fused-ring (bicyclic) bond motifs is 1. The van der Waals surface area contributed by atoms with Crippen molar-refractivity contribution in [2.75, 3.05) is 4.90 Å². The molecular formula is C19H16N6O5S. The average Bonchev–Trinajstić information content (AvgIpc) is 3.25. The Morgan fingerprint density at radius 1 is 1.03 bits per heavy atom. The standard InChI is InChI=1S/C19H16N6O5S/c20-18(27)12-3-6-16-15(7-12)17(26)19(28)25(16)10-13-9-24(23-22-13)8-11-1-4-14(5-2-11)31(21,29)30/h1-7,9H,8,10H2,(H2,20,27)(H2,21,29,30). The first-order valence-electron chi connectivity index (χ1n) is 8.94. The number of nitrogens with zero attached hydrogens (tertiary/aromatic N) is 4. The van der Waals surface area contributed by atoms with Crippen molar-refractivity contribution in [3.8, 4) is 0 Å². The molecule has 2 amide bonds. The number of sulfonamides is 1. The summed E-state index contributed by atoms with van der Waals surface area (Å²) in [4.78, 5) is 37.3. The molecule has 0 spiro atoms. The van der Waals surface area contributed by atoms with E-state index in [1.165, 1.54) is 39.9 Å². The Balaban J connectivity index is 1.51. The molecule has 0 radical (unpaired) electrons. The summed E-state index contributed by atoms with van der Waals surface area (Å²) >= 11 is 0. The number of carbonyl (C=O) groups is 3. The number of hydrogen-bond acceptors (Lipinski definition) is 7. The van der Waals surface area contributed by atoms with E-state index >= 15 is 0 Å². The molecule has 12 heteroatoms. The van der Waals surface area contributed by atoms with E-state index in [4.69, 9.17) is 10.9 Å². The molecule has 11 nitrogen and oxygen atoms in total. The van der Waals surface area contributed by atoms with E-state index in [2.05, 4.69) is 10.3 Å². The van der Waals surface area contributed by atoms with Gasteiger partial charge in [-0.05, 0) is 35.9 Å². The number of benzene rings is 2. The highest BCUT2D eigenvalue weighted by atomic mass is 32.2. The molecule has 4 rings (SSSR count). The fourth-order valence-electron chi connectivity index (χ4n) is 3.23. The van der Waals surface area contributed by atoms with E-state index < -0.39 is 27.6 Å². The minimum absolute atomic E-state index is 0.00546. The maximum absolute atomic E-state index is 12.4. The van der Waals surface area contributed by atoms with Crippen LogP contribution in [0.3, 0.4) is 0 Å². The predicted octanol–water partition coefficient (Wildman–Crippen LogP) is -0.198. The Kier molecular flexibility index (Phi) is 4.87. The molecule has 158 valence electrons. The van der Waals surface area contributed by atoms with E-state index in [0.29, 0.717) is 17.9 Å². The van der Waals surface area contributed by atoms with Gasteiger partial charge in [0.2, 0.25) is 15.9 Å². The minimum atomic E-state index is -3.77. The minimum Gasteiger partial charge on any atom is -0.366 e. The van der Waals surface area contributed by atoms with Crippen LogP contribution in [0.15, 0.2) is 53.6 Å². The van der Waals surface area contributed by atoms with Crippen LogP contribution in [0.25, 0.3) is 0 Å². The molecule has 0 atom stereocenters. The number of aromatic nitrogens is 3. The normalized spacial score (nSPS) is 13.5. The summed E-state index contributed by atoms with van der Waals surface area (Å²) in [6, 6.07) is 10.3. The Morgan fingerprint density at radius 3 is 2.39 bits per heavy atom. The maximum Gasteiger partial charge on any atom is 0.299 e. The van der Waals surface area contributed by atoms with Crippen LogP contribution >= 0.6 is 0 Å². The van der Waals surface area contributed by atoms with Gasteiger partial charge in [-0.1, -0.05) is 17.3 Å². The molecule has 1 aromatic heterocycles. The zero-order valence-corrected chi connectivity index (χ0v) is 16.7. The number of primary amides is 1. The van der Waals surface area contributed by atoms with Crippen molar-refractivity contribution in [1.82, 2.24) is 15.0 Å². The Labute approximate surface area is 176 Å². The van der Waals surface area contributed by atoms with Gasteiger partial charge in [0.15, 0.2) is 0 Å². The summed E-state index contributed by atoms with van der Waals surface area (Å²) in [5.41, 5.74) is 7.06. The first-order chi connectivity index (χ1) is 14.6. The topological polar surface area (TPSA) is 171 Å². The van der Waals surface area contributed by atoms with Gasteiger partial charge < -0.3 is 5.73 Å². The van der Waals surface area contributed by atoms with Crippen molar-refractivity contribution < 1.29 is 22.8 Å². The number of Topliss-reactive ketones (excluding diaryl/α,β-unsaturated/α-hetero) is 1. The fraction of sp³-hybridized carbons (Fsp3) is 0.105. The molecule has 0 bridgehead atoms. The first-order valence-corrected chi connectivity index (χ1v) is 10.5. The lowest BCUT2D eigenvalue weighted by molar-refractivity contribution is -0.114. The molecule has 3 aromatic rings. The van der Waals surface area contributed by atoms with Crippen LogP contribution in [0.5, 0.6) is 0 Å². The lowest BCUT2D eigenvalue weighted by Gasteiger charge is -2.14. The quantitative estimate of drug-likeness (QED) is 0.500. The molecule has 0 unspecified atom stereocenters. The van der Waals surface area contributed by atoms with Gasteiger partial charge in [0.05, 0.1) is 35.4 Å². The van der Waals surface area contributed by atoms with Crippen molar-refractivity contribution in [1.29, 1.82) is 0 Å². The zero-order chi connectivity index (χ0) is 22.3. The molecule has 0 fully saturated rings. The van der Waals surface area contributed by atoms with Gasteiger partial charge in [-0.3, -0.25) is 19.3 Å². The number of primary sulfonamides is 1. The van der Waals surface area contributed by atoms with Crippen molar-refractivity contribution in [3.63, 3.8) is 0 Å². The number of rotatable bonds is 6. The smallest absolute Gasteiger partial charge is 0.299 e. The second-order valence-corrected chi connectivity index (χ2v) is 8.47. The number of carbonyl (C=O) groups excluding carboxylic acids is 3. The summed E-state index contributed by atoms with van der Waals surface area (Å²) in [5, 5.41) is 13.1. The van der Waals surface area contributed by atoms with Crippen molar-refractivity contribution in [3.05, 3.63) is 71.0 Å². The number of nitrogens with two attached hydrogens (primary N) is 2. The molecule has 0 saturated carbocycles. The number of hydrogen-bond donors (Lipinski definition) is 2. The monoisotopic (exact) mass is 440 g/mol. The molecule has 0 saturated heterocycles. The van der Waals surface area contributed by atoms with Gasteiger partial charge in [-0.2, -0.15) is 0 Å². The molecule has 0 aliphatic carbocycles. The second kappa shape index (κ2) is 7.41. The Hall–Kier alpha value is -3.90.